The summed E-state index contributed by atoms with van der Waals surface area (Å²) in [7, 11) is 1.81. The molecule has 1 N–H and O–H groups in total. The lowest BCUT2D eigenvalue weighted by Gasteiger charge is -2.21. The first-order chi connectivity index (χ1) is 9.63. The van der Waals surface area contributed by atoms with Crippen LogP contribution in [0.1, 0.15) is 12.5 Å². The normalized spacial score (nSPS) is 10.6. The van der Waals surface area contributed by atoms with E-state index in [2.05, 4.69) is 12.2 Å². The largest absolute Gasteiger partial charge is 0.341 e. The zero-order chi connectivity index (χ0) is 14.5. The lowest BCUT2D eigenvalue weighted by Crippen LogP contribution is -2.13. The molecule has 0 aliphatic carbocycles. The molecule has 0 bridgehead atoms. The number of rotatable bonds is 5. The van der Waals surface area contributed by atoms with Crippen LogP contribution in [-0.2, 0) is 6.54 Å². The third kappa shape index (κ3) is 3.30. The minimum absolute atomic E-state index is 0.261. The highest BCUT2D eigenvalue weighted by molar-refractivity contribution is 6.33. The maximum Gasteiger partial charge on any atom is 0.146 e. The lowest BCUT2D eigenvalue weighted by molar-refractivity contribution is 0.627. The molecule has 0 saturated heterocycles. The molecule has 0 amide bonds. The third-order valence-corrected chi connectivity index (χ3v) is 3.47. The zero-order valence-corrected chi connectivity index (χ0v) is 12.4. The fourth-order valence-electron chi connectivity index (χ4n) is 2.06. The first-order valence-corrected chi connectivity index (χ1v) is 6.98. The number of nitrogens with zero attached hydrogens (tertiary/aromatic N) is 1. The number of hydrogen-bond acceptors (Lipinski definition) is 2. The van der Waals surface area contributed by atoms with Gasteiger partial charge in [-0.05, 0) is 36.4 Å². The van der Waals surface area contributed by atoms with Crippen LogP contribution in [0.3, 0.4) is 0 Å². The van der Waals surface area contributed by atoms with E-state index in [-0.39, 0.29) is 5.82 Å². The van der Waals surface area contributed by atoms with Crippen molar-refractivity contribution in [3.63, 3.8) is 0 Å². The average Bonchev–Trinajstić information content (AvgIpc) is 2.45. The van der Waals surface area contributed by atoms with E-state index in [9.17, 15) is 4.39 Å². The highest BCUT2D eigenvalue weighted by Gasteiger charge is 2.12. The summed E-state index contributed by atoms with van der Waals surface area (Å²) in [5.74, 6) is -0.261. The SMILES string of the molecule is CCNCc1ccc(N(C)c2ccccc2F)c(Cl)c1. The number of nitrogens with one attached hydrogen (secondary N) is 1. The highest BCUT2D eigenvalue weighted by atomic mass is 35.5. The number of halogens is 2. The van der Waals surface area contributed by atoms with Crippen molar-refractivity contribution in [3.8, 4) is 0 Å². The fourth-order valence-corrected chi connectivity index (χ4v) is 2.39. The topological polar surface area (TPSA) is 15.3 Å². The summed E-state index contributed by atoms with van der Waals surface area (Å²) in [6.45, 7) is 3.75. The van der Waals surface area contributed by atoms with Crippen molar-refractivity contribution in [1.29, 1.82) is 0 Å². The molecule has 0 saturated carbocycles. The van der Waals surface area contributed by atoms with Gasteiger partial charge in [0, 0.05) is 13.6 Å². The van der Waals surface area contributed by atoms with Gasteiger partial charge >= 0.3 is 0 Å². The van der Waals surface area contributed by atoms with Crippen molar-refractivity contribution < 1.29 is 4.39 Å². The van der Waals surface area contributed by atoms with Crippen LogP contribution in [0, 0.1) is 5.82 Å². The Morgan fingerprint density at radius 1 is 1.15 bits per heavy atom. The summed E-state index contributed by atoms with van der Waals surface area (Å²) in [6, 6.07) is 12.5. The van der Waals surface area contributed by atoms with Crippen molar-refractivity contribution >= 4 is 23.0 Å². The molecule has 0 radical (unpaired) electrons. The molecular formula is C16H18ClFN2. The molecule has 4 heteroatoms. The number of para-hydroxylation sites is 1. The summed E-state index contributed by atoms with van der Waals surface area (Å²) >= 11 is 6.31. The Balaban J connectivity index is 2.27. The Bertz CT molecular complexity index is 586. The van der Waals surface area contributed by atoms with Crippen LogP contribution in [-0.4, -0.2) is 13.6 Å². The second kappa shape index (κ2) is 6.73. The quantitative estimate of drug-likeness (QED) is 0.881. The van der Waals surface area contributed by atoms with E-state index >= 15 is 0 Å². The van der Waals surface area contributed by atoms with Crippen LogP contribution in [0.2, 0.25) is 5.02 Å². The predicted molar refractivity (Wildman–Crippen MR) is 83.3 cm³/mol. The molecule has 20 heavy (non-hydrogen) atoms. The smallest absolute Gasteiger partial charge is 0.146 e. The molecule has 2 aromatic carbocycles. The van der Waals surface area contributed by atoms with Crippen LogP contribution in [0.15, 0.2) is 42.5 Å². The minimum Gasteiger partial charge on any atom is -0.341 e. The molecule has 0 heterocycles. The van der Waals surface area contributed by atoms with Crippen LogP contribution in [0.25, 0.3) is 0 Å². The Morgan fingerprint density at radius 2 is 1.90 bits per heavy atom. The molecule has 0 fully saturated rings. The standard InChI is InChI=1S/C16H18ClFN2/c1-3-19-11-12-8-9-15(13(17)10-12)20(2)16-7-5-4-6-14(16)18/h4-10,19H,3,11H2,1-2H3. The van der Waals surface area contributed by atoms with Gasteiger partial charge in [0.2, 0.25) is 0 Å². The first kappa shape index (κ1) is 14.8. The molecular weight excluding hydrogens is 275 g/mol. The van der Waals surface area contributed by atoms with E-state index < -0.39 is 0 Å². The molecule has 0 aliphatic rings. The summed E-state index contributed by atoms with van der Waals surface area (Å²) in [6.07, 6.45) is 0. The van der Waals surface area contributed by atoms with Crippen LogP contribution in [0.5, 0.6) is 0 Å². The molecule has 0 aromatic heterocycles. The van der Waals surface area contributed by atoms with E-state index in [0.717, 1.165) is 24.3 Å². The van der Waals surface area contributed by atoms with Gasteiger partial charge in [-0.25, -0.2) is 4.39 Å². The van der Waals surface area contributed by atoms with Crippen LogP contribution in [0.4, 0.5) is 15.8 Å². The molecule has 106 valence electrons. The molecule has 0 atom stereocenters. The van der Waals surface area contributed by atoms with Crippen molar-refractivity contribution in [1.82, 2.24) is 5.32 Å². The minimum atomic E-state index is -0.261. The summed E-state index contributed by atoms with van der Waals surface area (Å²) in [5, 5.41) is 3.87. The monoisotopic (exact) mass is 292 g/mol. The Labute approximate surface area is 124 Å². The van der Waals surface area contributed by atoms with E-state index in [4.69, 9.17) is 11.6 Å². The second-order valence-electron chi connectivity index (χ2n) is 4.58. The van der Waals surface area contributed by atoms with E-state index in [1.807, 2.05) is 31.3 Å². The maximum absolute atomic E-state index is 13.8. The average molecular weight is 293 g/mol. The van der Waals surface area contributed by atoms with Gasteiger partial charge in [0.05, 0.1) is 16.4 Å². The molecule has 2 rings (SSSR count). The van der Waals surface area contributed by atoms with Crippen molar-refractivity contribution in [2.45, 2.75) is 13.5 Å². The molecule has 0 aliphatic heterocycles. The summed E-state index contributed by atoms with van der Waals surface area (Å²) in [5.41, 5.74) is 2.41. The van der Waals surface area contributed by atoms with Crippen LogP contribution >= 0.6 is 11.6 Å². The number of anilines is 2. The summed E-state index contributed by atoms with van der Waals surface area (Å²) < 4.78 is 13.8. The molecule has 0 unspecified atom stereocenters. The van der Waals surface area contributed by atoms with Crippen LogP contribution < -0.4 is 10.2 Å². The van der Waals surface area contributed by atoms with Gasteiger partial charge in [-0.15, -0.1) is 0 Å². The van der Waals surface area contributed by atoms with Gasteiger partial charge in [0.25, 0.3) is 0 Å². The molecule has 2 nitrogen and oxygen atoms in total. The van der Waals surface area contributed by atoms with E-state index in [0.29, 0.717) is 10.7 Å². The van der Waals surface area contributed by atoms with E-state index in [1.54, 1.807) is 17.0 Å². The highest BCUT2D eigenvalue weighted by Crippen LogP contribution is 2.32. The Kier molecular flexibility index (Phi) is 4.99. The van der Waals surface area contributed by atoms with Gasteiger partial charge < -0.3 is 10.2 Å². The zero-order valence-electron chi connectivity index (χ0n) is 11.7. The van der Waals surface area contributed by atoms with Gasteiger partial charge in [-0.3, -0.25) is 0 Å². The molecule has 0 spiro atoms. The van der Waals surface area contributed by atoms with Gasteiger partial charge in [-0.1, -0.05) is 36.7 Å². The predicted octanol–water partition coefficient (Wildman–Crippen LogP) is 4.36. The Hall–Kier alpha value is -1.58. The van der Waals surface area contributed by atoms with Gasteiger partial charge in [0.1, 0.15) is 5.82 Å². The first-order valence-electron chi connectivity index (χ1n) is 6.61. The maximum atomic E-state index is 13.8. The lowest BCUT2D eigenvalue weighted by atomic mass is 10.1. The summed E-state index contributed by atoms with van der Waals surface area (Å²) in [4.78, 5) is 1.76. The van der Waals surface area contributed by atoms with E-state index in [1.165, 1.54) is 6.07 Å². The van der Waals surface area contributed by atoms with Crippen molar-refractivity contribution in [2.24, 2.45) is 0 Å². The second-order valence-corrected chi connectivity index (χ2v) is 4.98. The molecule has 2 aromatic rings. The number of hydrogen-bond donors (Lipinski definition) is 1. The van der Waals surface area contributed by atoms with Crippen molar-refractivity contribution in [2.75, 3.05) is 18.5 Å². The van der Waals surface area contributed by atoms with Gasteiger partial charge in [-0.2, -0.15) is 0 Å². The fraction of sp³-hybridized carbons (Fsp3) is 0.250. The number of benzene rings is 2. The third-order valence-electron chi connectivity index (χ3n) is 3.17. The van der Waals surface area contributed by atoms with Crippen molar-refractivity contribution in [3.05, 3.63) is 58.9 Å². The van der Waals surface area contributed by atoms with Gasteiger partial charge in [0.15, 0.2) is 0 Å². The Morgan fingerprint density at radius 3 is 2.55 bits per heavy atom.